The fraction of sp³-hybridized carbons (Fsp3) is 0.500. The molecule has 0 aromatic heterocycles. The van der Waals surface area contributed by atoms with E-state index < -0.39 is 0 Å². The SMILES string of the molecule is COc1ccc(C(=O)CCCCCN2CC[C@H]3c4cccc(O)c4CC[C@H]32)cc1OC. The van der Waals surface area contributed by atoms with Crippen LogP contribution in [-0.4, -0.2) is 49.1 Å². The first-order valence-electron chi connectivity index (χ1n) is 11.4. The number of Topliss-reactive ketones (excluding diaryl/α,β-unsaturated/α-hetero) is 1. The van der Waals surface area contributed by atoms with E-state index >= 15 is 0 Å². The molecule has 2 atom stereocenters. The number of benzene rings is 2. The van der Waals surface area contributed by atoms with Gasteiger partial charge in [0.1, 0.15) is 5.75 Å². The monoisotopic (exact) mass is 423 g/mol. The van der Waals surface area contributed by atoms with Crippen molar-refractivity contribution in [2.24, 2.45) is 0 Å². The number of aromatic hydroxyl groups is 1. The molecule has 1 aliphatic heterocycles. The van der Waals surface area contributed by atoms with E-state index in [4.69, 9.17) is 9.47 Å². The van der Waals surface area contributed by atoms with Crippen LogP contribution in [-0.2, 0) is 6.42 Å². The van der Waals surface area contributed by atoms with Crippen molar-refractivity contribution in [2.75, 3.05) is 27.3 Å². The molecule has 1 N–H and O–H groups in total. The molecule has 2 aliphatic rings. The Morgan fingerprint density at radius 1 is 1.06 bits per heavy atom. The lowest BCUT2D eigenvalue weighted by Gasteiger charge is -2.33. The summed E-state index contributed by atoms with van der Waals surface area (Å²) in [5.41, 5.74) is 3.21. The number of nitrogens with zero attached hydrogens (tertiary/aromatic N) is 1. The molecule has 166 valence electrons. The predicted molar refractivity (Wildman–Crippen MR) is 121 cm³/mol. The molecule has 1 aliphatic carbocycles. The Hall–Kier alpha value is -2.53. The van der Waals surface area contributed by atoms with Gasteiger partial charge in [0.25, 0.3) is 0 Å². The third-order valence-electron chi connectivity index (χ3n) is 6.99. The largest absolute Gasteiger partial charge is 0.508 e. The zero-order valence-electron chi connectivity index (χ0n) is 18.6. The van der Waals surface area contributed by atoms with Crippen molar-refractivity contribution in [1.82, 2.24) is 4.90 Å². The van der Waals surface area contributed by atoms with Crippen LogP contribution in [0.3, 0.4) is 0 Å². The van der Waals surface area contributed by atoms with E-state index in [0.29, 0.717) is 41.2 Å². The molecule has 4 rings (SSSR count). The number of carbonyl (C=O) groups is 1. The number of carbonyl (C=O) groups excluding carboxylic acids is 1. The van der Waals surface area contributed by atoms with Gasteiger partial charge in [-0.2, -0.15) is 0 Å². The van der Waals surface area contributed by atoms with E-state index in [1.165, 1.54) is 17.5 Å². The molecule has 1 heterocycles. The fourth-order valence-electron chi connectivity index (χ4n) is 5.38. The summed E-state index contributed by atoms with van der Waals surface area (Å²) in [6, 6.07) is 12.0. The molecule has 0 bridgehead atoms. The van der Waals surface area contributed by atoms with Gasteiger partial charge in [-0.3, -0.25) is 9.69 Å². The van der Waals surface area contributed by atoms with Crippen LogP contribution in [0.5, 0.6) is 17.2 Å². The standard InChI is InChI=1S/C26H33NO4/c1-30-25-13-10-18(17-26(25)31-2)23(28)8-4-3-5-15-27-16-14-20-19-7-6-9-24(29)21(19)11-12-22(20)27/h6-7,9-10,13,17,20,22,29H,3-5,8,11-12,14-16H2,1-2H3/t20-,22+/m0/s1. The van der Waals surface area contributed by atoms with Gasteiger partial charge in [0.05, 0.1) is 14.2 Å². The molecule has 0 unspecified atom stereocenters. The number of phenolic OH excluding ortho intramolecular Hbond substituents is 1. The summed E-state index contributed by atoms with van der Waals surface area (Å²) >= 11 is 0. The Morgan fingerprint density at radius 2 is 1.90 bits per heavy atom. The van der Waals surface area contributed by atoms with Gasteiger partial charge in [-0.25, -0.2) is 0 Å². The maximum atomic E-state index is 12.5. The van der Waals surface area contributed by atoms with Crippen molar-refractivity contribution in [3.63, 3.8) is 0 Å². The van der Waals surface area contributed by atoms with Crippen molar-refractivity contribution >= 4 is 5.78 Å². The number of ether oxygens (including phenoxy) is 2. The van der Waals surface area contributed by atoms with Crippen molar-refractivity contribution in [2.45, 2.75) is 56.9 Å². The van der Waals surface area contributed by atoms with Crippen LogP contribution in [0, 0.1) is 0 Å². The average molecular weight is 424 g/mol. The Labute approximate surface area is 185 Å². The van der Waals surface area contributed by atoms with Crippen LogP contribution < -0.4 is 9.47 Å². The molecule has 1 fully saturated rings. The second-order valence-electron chi connectivity index (χ2n) is 8.69. The number of fused-ring (bicyclic) bond motifs is 3. The van der Waals surface area contributed by atoms with Gasteiger partial charge < -0.3 is 14.6 Å². The van der Waals surface area contributed by atoms with Gasteiger partial charge in [-0.05, 0) is 80.6 Å². The topological polar surface area (TPSA) is 59.0 Å². The maximum Gasteiger partial charge on any atom is 0.163 e. The smallest absolute Gasteiger partial charge is 0.163 e. The third kappa shape index (κ3) is 4.57. The van der Waals surface area contributed by atoms with E-state index in [9.17, 15) is 9.90 Å². The predicted octanol–water partition coefficient (Wildman–Crippen LogP) is 4.96. The molecule has 2 aromatic carbocycles. The van der Waals surface area contributed by atoms with E-state index in [1.54, 1.807) is 26.4 Å². The van der Waals surface area contributed by atoms with Crippen molar-refractivity contribution in [3.05, 3.63) is 53.1 Å². The number of phenols is 1. The van der Waals surface area contributed by atoms with Gasteiger partial charge >= 0.3 is 0 Å². The molecule has 0 saturated carbocycles. The molecule has 31 heavy (non-hydrogen) atoms. The molecule has 0 spiro atoms. The van der Waals surface area contributed by atoms with Crippen LogP contribution in [0.1, 0.15) is 65.9 Å². The van der Waals surface area contributed by atoms with Crippen LogP contribution in [0.4, 0.5) is 0 Å². The van der Waals surface area contributed by atoms with Gasteiger partial charge in [-0.15, -0.1) is 0 Å². The zero-order valence-corrected chi connectivity index (χ0v) is 18.6. The highest BCUT2D eigenvalue weighted by Gasteiger charge is 2.38. The Balaban J connectivity index is 1.23. The molecule has 2 aromatic rings. The second-order valence-corrected chi connectivity index (χ2v) is 8.69. The Morgan fingerprint density at radius 3 is 2.71 bits per heavy atom. The van der Waals surface area contributed by atoms with E-state index in [2.05, 4.69) is 11.0 Å². The molecule has 0 radical (unpaired) electrons. The number of rotatable bonds is 9. The van der Waals surface area contributed by atoms with Gasteiger partial charge in [-0.1, -0.05) is 18.6 Å². The first-order valence-corrected chi connectivity index (χ1v) is 11.4. The van der Waals surface area contributed by atoms with Crippen molar-refractivity contribution < 1.29 is 19.4 Å². The number of hydrogen-bond acceptors (Lipinski definition) is 5. The Bertz CT molecular complexity index is 926. The van der Waals surface area contributed by atoms with Crippen molar-refractivity contribution in [1.29, 1.82) is 0 Å². The van der Waals surface area contributed by atoms with E-state index in [1.807, 2.05) is 18.2 Å². The normalized spacial score (nSPS) is 20.2. The lowest BCUT2D eigenvalue weighted by molar-refractivity contribution is 0.0978. The fourth-order valence-corrected chi connectivity index (χ4v) is 5.38. The molecular formula is C26H33NO4. The number of ketones is 1. The van der Waals surface area contributed by atoms with Gasteiger partial charge in [0.2, 0.25) is 0 Å². The van der Waals surface area contributed by atoms with Gasteiger partial charge in [0, 0.05) is 23.9 Å². The third-order valence-corrected chi connectivity index (χ3v) is 6.99. The molecule has 1 saturated heterocycles. The zero-order chi connectivity index (χ0) is 21.8. The first-order chi connectivity index (χ1) is 15.1. The highest BCUT2D eigenvalue weighted by molar-refractivity contribution is 5.96. The van der Waals surface area contributed by atoms with E-state index in [0.717, 1.165) is 45.2 Å². The highest BCUT2D eigenvalue weighted by Crippen LogP contribution is 2.43. The summed E-state index contributed by atoms with van der Waals surface area (Å²) in [6.45, 7) is 2.23. The average Bonchev–Trinajstić information content (AvgIpc) is 3.22. The minimum Gasteiger partial charge on any atom is -0.508 e. The lowest BCUT2D eigenvalue weighted by atomic mass is 9.79. The maximum absolute atomic E-state index is 12.5. The lowest BCUT2D eigenvalue weighted by Crippen LogP contribution is -2.35. The Kier molecular flexibility index (Phi) is 6.81. The number of likely N-dealkylation sites (tertiary alicyclic amines) is 1. The first kappa shape index (κ1) is 21.7. The van der Waals surface area contributed by atoms with Crippen LogP contribution in [0.25, 0.3) is 0 Å². The number of hydrogen-bond donors (Lipinski definition) is 1. The minimum absolute atomic E-state index is 0.158. The van der Waals surface area contributed by atoms with Crippen LogP contribution in [0.2, 0.25) is 0 Å². The summed E-state index contributed by atoms with van der Waals surface area (Å²) < 4.78 is 10.5. The summed E-state index contributed by atoms with van der Waals surface area (Å²) in [6.07, 6.45) is 6.94. The summed E-state index contributed by atoms with van der Waals surface area (Å²) in [7, 11) is 3.18. The van der Waals surface area contributed by atoms with E-state index in [-0.39, 0.29) is 5.78 Å². The van der Waals surface area contributed by atoms with Crippen LogP contribution >= 0.6 is 0 Å². The summed E-state index contributed by atoms with van der Waals surface area (Å²) in [5.74, 6) is 2.42. The molecule has 5 nitrogen and oxygen atoms in total. The number of unbranched alkanes of at least 4 members (excludes halogenated alkanes) is 2. The van der Waals surface area contributed by atoms with Crippen LogP contribution in [0.15, 0.2) is 36.4 Å². The number of methoxy groups -OCH3 is 2. The second kappa shape index (κ2) is 9.73. The quantitative estimate of drug-likeness (QED) is 0.456. The summed E-state index contributed by atoms with van der Waals surface area (Å²) in [4.78, 5) is 15.2. The van der Waals surface area contributed by atoms with Gasteiger partial charge in [0.15, 0.2) is 17.3 Å². The molecule has 0 amide bonds. The summed E-state index contributed by atoms with van der Waals surface area (Å²) in [5, 5.41) is 10.2. The minimum atomic E-state index is 0.158. The molecule has 5 heteroatoms. The van der Waals surface area contributed by atoms with Crippen molar-refractivity contribution in [3.8, 4) is 17.2 Å². The highest BCUT2D eigenvalue weighted by atomic mass is 16.5. The molecular weight excluding hydrogens is 390 g/mol.